The lowest BCUT2D eigenvalue weighted by Crippen LogP contribution is -2.55. The molecule has 138 valence electrons. The van der Waals surface area contributed by atoms with E-state index in [0.29, 0.717) is 31.9 Å². The monoisotopic (exact) mass is 367 g/mol. The van der Waals surface area contributed by atoms with Crippen LogP contribution in [0.25, 0.3) is 0 Å². The van der Waals surface area contributed by atoms with Gasteiger partial charge in [-0.05, 0) is 44.0 Å². The molecule has 2 amide bonds. The third kappa shape index (κ3) is 4.50. The fourth-order valence-electron chi connectivity index (χ4n) is 3.19. The first kappa shape index (κ1) is 19.2. The van der Waals surface area contributed by atoms with Crippen molar-refractivity contribution in [2.24, 2.45) is 0 Å². The van der Waals surface area contributed by atoms with E-state index in [4.69, 9.17) is 0 Å². The molecule has 0 aliphatic carbocycles. The molecule has 0 unspecified atom stereocenters. The number of carbonyl (C=O) groups is 2. The number of amides is 2. The van der Waals surface area contributed by atoms with E-state index in [9.17, 15) is 18.0 Å². The maximum atomic E-state index is 12.8. The van der Waals surface area contributed by atoms with E-state index in [1.54, 1.807) is 28.9 Å². The summed E-state index contributed by atoms with van der Waals surface area (Å²) < 4.78 is 25.9. The summed E-state index contributed by atoms with van der Waals surface area (Å²) in [4.78, 5) is 26.9. The molecule has 2 rings (SSSR count). The Balaban J connectivity index is 2.29. The van der Waals surface area contributed by atoms with Crippen LogP contribution in [0.2, 0.25) is 0 Å². The fourth-order valence-corrected chi connectivity index (χ4v) is 4.35. The highest BCUT2D eigenvalue weighted by Gasteiger charge is 2.33. The molecular formula is C17H25N3O4S. The SMILES string of the molecule is Cc1cc(C)cc(N([C@@H](C)C(=O)N2CCN(C=O)CC2)S(C)(=O)=O)c1. The third-order valence-electron chi connectivity index (χ3n) is 4.30. The van der Waals surface area contributed by atoms with Gasteiger partial charge in [0.15, 0.2) is 0 Å². The molecular weight excluding hydrogens is 342 g/mol. The standard InChI is InChI=1S/C17H25N3O4S/c1-13-9-14(2)11-16(10-13)20(25(4,23)24)15(3)17(22)19-7-5-18(12-21)6-8-19/h9-12,15H,5-8H2,1-4H3/t15-/m0/s1. The number of piperazine rings is 1. The van der Waals surface area contributed by atoms with Crippen LogP contribution < -0.4 is 4.31 Å². The molecule has 1 aliphatic rings. The molecule has 1 heterocycles. The van der Waals surface area contributed by atoms with Crippen LogP contribution in [0, 0.1) is 13.8 Å². The minimum atomic E-state index is -3.63. The van der Waals surface area contributed by atoms with Gasteiger partial charge in [0.25, 0.3) is 0 Å². The minimum Gasteiger partial charge on any atom is -0.342 e. The maximum absolute atomic E-state index is 12.8. The number of aryl methyl sites for hydroxylation is 2. The Morgan fingerprint density at radius 1 is 1.12 bits per heavy atom. The van der Waals surface area contributed by atoms with Crippen LogP contribution in [0.3, 0.4) is 0 Å². The van der Waals surface area contributed by atoms with Crippen LogP contribution in [0.4, 0.5) is 5.69 Å². The first-order valence-electron chi connectivity index (χ1n) is 8.19. The van der Waals surface area contributed by atoms with E-state index in [0.717, 1.165) is 23.8 Å². The predicted molar refractivity (Wildman–Crippen MR) is 96.9 cm³/mol. The molecule has 0 bridgehead atoms. The summed E-state index contributed by atoms with van der Waals surface area (Å²) in [5.41, 5.74) is 2.36. The molecule has 8 heteroatoms. The van der Waals surface area contributed by atoms with E-state index in [-0.39, 0.29) is 5.91 Å². The topological polar surface area (TPSA) is 78.0 Å². The maximum Gasteiger partial charge on any atom is 0.246 e. The van der Waals surface area contributed by atoms with E-state index in [1.165, 1.54) is 4.31 Å². The molecule has 1 fully saturated rings. The highest BCUT2D eigenvalue weighted by molar-refractivity contribution is 7.92. The van der Waals surface area contributed by atoms with Gasteiger partial charge in [-0.1, -0.05) is 6.07 Å². The Hall–Kier alpha value is -2.09. The lowest BCUT2D eigenvalue weighted by atomic mass is 10.1. The van der Waals surface area contributed by atoms with Gasteiger partial charge in [0.2, 0.25) is 22.3 Å². The van der Waals surface area contributed by atoms with Crippen LogP contribution in [-0.2, 0) is 19.6 Å². The number of hydrogen-bond donors (Lipinski definition) is 0. The lowest BCUT2D eigenvalue weighted by molar-refractivity contribution is -0.135. The van der Waals surface area contributed by atoms with Crippen LogP contribution >= 0.6 is 0 Å². The van der Waals surface area contributed by atoms with Gasteiger partial charge in [0.1, 0.15) is 6.04 Å². The molecule has 7 nitrogen and oxygen atoms in total. The van der Waals surface area contributed by atoms with Crippen molar-refractivity contribution >= 4 is 28.0 Å². The summed E-state index contributed by atoms with van der Waals surface area (Å²) in [5.74, 6) is -0.255. The Morgan fingerprint density at radius 2 is 1.64 bits per heavy atom. The summed E-state index contributed by atoms with van der Waals surface area (Å²) in [6, 6.07) is 4.64. The first-order chi connectivity index (χ1) is 11.6. The zero-order valence-corrected chi connectivity index (χ0v) is 15.9. The van der Waals surface area contributed by atoms with Crippen molar-refractivity contribution in [2.75, 3.05) is 36.7 Å². The summed E-state index contributed by atoms with van der Waals surface area (Å²) in [6.45, 7) is 7.13. The van der Waals surface area contributed by atoms with Crippen LogP contribution in [0.5, 0.6) is 0 Å². The van der Waals surface area contributed by atoms with Crippen molar-refractivity contribution in [3.8, 4) is 0 Å². The minimum absolute atomic E-state index is 0.255. The molecule has 1 atom stereocenters. The highest BCUT2D eigenvalue weighted by Crippen LogP contribution is 2.24. The number of sulfonamides is 1. The van der Waals surface area contributed by atoms with Gasteiger partial charge in [-0.2, -0.15) is 0 Å². The number of rotatable bonds is 5. The van der Waals surface area contributed by atoms with Gasteiger partial charge in [0, 0.05) is 26.2 Å². The Kier molecular flexibility index (Phi) is 5.72. The second-order valence-corrected chi connectivity index (χ2v) is 8.41. The number of carbonyl (C=O) groups excluding carboxylic acids is 2. The first-order valence-corrected chi connectivity index (χ1v) is 10.0. The quantitative estimate of drug-likeness (QED) is 0.720. The van der Waals surface area contributed by atoms with E-state index < -0.39 is 16.1 Å². The third-order valence-corrected chi connectivity index (χ3v) is 5.54. The van der Waals surface area contributed by atoms with E-state index >= 15 is 0 Å². The van der Waals surface area contributed by atoms with E-state index in [2.05, 4.69) is 0 Å². The molecule has 0 aromatic heterocycles. The largest absolute Gasteiger partial charge is 0.342 e. The van der Waals surface area contributed by atoms with Gasteiger partial charge in [-0.15, -0.1) is 0 Å². The number of benzene rings is 1. The Bertz CT molecular complexity index is 735. The fraction of sp³-hybridized carbons (Fsp3) is 0.529. The predicted octanol–water partition coefficient (Wildman–Crippen LogP) is 0.759. The number of anilines is 1. The van der Waals surface area contributed by atoms with Crippen molar-refractivity contribution in [2.45, 2.75) is 26.8 Å². The molecule has 1 saturated heterocycles. The van der Waals surface area contributed by atoms with Crippen LogP contribution in [-0.4, -0.2) is 69.0 Å². The zero-order valence-electron chi connectivity index (χ0n) is 15.1. The molecule has 1 aliphatic heterocycles. The van der Waals surface area contributed by atoms with Crippen molar-refractivity contribution in [3.05, 3.63) is 29.3 Å². The van der Waals surface area contributed by atoms with Gasteiger partial charge in [-0.3, -0.25) is 13.9 Å². The Labute approximate surface area is 149 Å². The summed E-state index contributed by atoms with van der Waals surface area (Å²) in [6.07, 6.45) is 1.88. The number of hydrogen-bond acceptors (Lipinski definition) is 4. The lowest BCUT2D eigenvalue weighted by Gasteiger charge is -2.37. The summed E-state index contributed by atoms with van der Waals surface area (Å²) in [7, 11) is -3.63. The van der Waals surface area contributed by atoms with Gasteiger partial charge >= 0.3 is 0 Å². The summed E-state index contributed by atoms with van der Waals surface area (Å²) >= 11 is 0. The van der Waals surface area contributed by atoms with Crippen molar-refractivity contribution < 1.29 is 18.0 Å². The van der Waals surface area contributed by atoms with Crippen molar-refractivity contribution in [1.82, 2.24) is 9.80 Å². The highest BCUT2D eigenvalue weighted by atomic mass is 32.2. The summed E-state index contributed by atoms with van der Waals surface area (Å²) in [5, 5.41) is 0. The normalized spacial score (nSPS) is 16.5. The molecule has 1 aromatic carbocycles. The van der Waals surface area contributed by atoms with Gasteiger partial charge in [-0.25, -0.2) is 8.42 Å². The van der Waals surface area contributed by atoms with Gasteiger partial charge < -0.3 is 9.80 Å². The Morgan fingerprint density at radius 3 is 2.08 bits per heavy atom. The average molecular weight is 367 g/mol. The molecule has 25 heavy (non-hydrogen) atoms. The molecule has 0 N–H and O–H groups in total. The van der Waals surface area contributed by atoms with Crippen molar-refractivity contribution in [1.29, 1.82) is 0 Å². The van der Waals surface area contributed by atoms with Crippen molar-refractivity contribution in [3.63, 3.8) is 0 Å². The molecule has 0 radical (unpaired) electrons. The second-order valence-electron chi connectivity index (χ2n) is 6.55. The smallest absolute Gasteiger partial charge is 0.246 e. The van der Waals surface area contributed by atoms with E-state index in [1.807, 2.05) is 19.9 Å². The van der Waals surface area contributed by atoms with Gasteiger partial charge in [0.05, 0.1) is 11.9 Å². The second kappa shape index (κ2) is 7.43. The number of nitrogens with zero attached hydrogens (tertiary/aromatic N) is 3. The zero-order chi connectivity index (χ0) is 18.8. The molecule has 0 spiro atoms. The average Bonchev–Trinajstić information content (AvgIpc) is 2.52. The van der Waals surface area contributed by atoms with Crippen LogP contribution in [0.1, 0.15) is 18.1 Å². The molecule has 0 saturated carbocycles. The van der Waals surface area contributed by atoms with Crippen LogP contribution in [0.15, 0.2) is 18.2 Å². The molecule has 1 aromatic rings.